The number of ether oxygens (including phenoxy) is 1. The largest absolute Gasteiger partial charge is 0.476 e. The number of nitrogens with two attached hydrogens (primary N) is 1. The highest BCUT2D eigenvalue weighted by Gasteiger charge is 2.41. The van der Waals surface area contributed by atoms with Gasteiger partial charge in [-0.05, 0) is 51.0 Å². The molecule has 126 valence electrons. The summed E-state index contributed by atoms with van der Waals surface area (Å²) in [7, 11) is 0. The van der Waals surface area contributed by atoms with Crippen LogP contribution in [0.2, 0.25) is 0 Å². The third kappa shape index (κ3) is 3.02. The molecule has 0 aromatic heterocycles. The first-order valence-corrected chi connectivity index (χ1v) is 8.24. The van der Waals surface area contributed by atoms with Crippen molar-refractivity contribution in [2.75, 3.05) is 4.90 Å². The fraction of sp³-hybridized carbons (Fsp3) is 0.350. The second-order valence-corrected chi connectivity index (χ2v) is 7.01. The van der Waals surface area contributed by atoms with Crippen LogP contribution in [0.15, 0.2) is 42.5 Å². The van der Waals surface area contributed by atoms with Crippen molar-refractivity contribution in [1.82, 2.24) is 0 Å². The van der Waals surface area contributed by atoms with E-state index in [2.05, 4.69) is 31.2 Å². The van der Waals surface area contributed by atoms with E-state index < -0.39 is 5.60 Å². The van der Waals surface area contributed by atoms with Gasteiger partial charge in [0.1, 0.15) is 5.75 Å². The molecule has 0 saturated carbocycles. The molecule has 1 aliphatic rings. The van der Waals surface area contributed by atoms with Gasteiger partial charge in [-0.1, -0.05) is 35.9 Å². The van der Waals surface area contributed by atoms with Crippen molar-refractivity contribution < 1.29 is 9.53 Å². The van der Waals surface area contributed by atoms with Crippen LogP contribution >= 0.6 is 0 Å². The van der Waals surface area contributed by atoms with Crippen LogP contribution in [0.1, 0.15) is 43.5 Å². The summed E-state index contributed by atoms with van der Waals surface area (Å²) in [4.78, 5) is 14.7. The molecule has 1 atom stereocenters. The van der Waals surface area contributed by atoms with E-state index in [9.17, 15) is 4.79 Å². The van der Waals surface area contributed by atoms with Gasteiger partial charge < -0.3 is 15.4 Å². The van der Waals surface area contributed by atoms with Crippen LogP contribution in [0.25, 0.3) is 0 Å². The molecule has 0 bridgehead atoms. The SMILES string of the molecule is Cc1ccc(CN2C(=O)C(C)(C)Oc3ccc(C(C)N)cc32)cc1. The maximum Gasteiger partial charge on any atom is 0.271 e. The zero-order valence-corrected chi connectivity index (χ0v) is 14.7. The Labute approximate surface area is 143 Å². The molecule has 0 aliphatic carbocycles. The second kappa shape index (κ2) is 5.95. The van der Waals surface area contributed by atoms with Crippen molar-refractivity contribution in [2.45, 2.75) is 45.9 Å². The lowest BCUT2D eigenvalue weighted by atomic mass is 10.00. The van der Waals surface area contributed by atoms with Gasteiger partial charge in [0.15, 0.2) is 5.60 Å². The lowest BCUT2D eigenvalue weighted by Gasteiger charge is -2.39. The molecule has 4 nitrogen and oxygen atoms in total. The summed E-state index contributed by atoms with van der Waals surface area (Å²) in [5, 5.41) is 0. The first-order chi connectivity index (χ1) is 11.3. The molecule has 1 aliphatic heterocycles. The Kier molecular flexibility index (Phi) is 4.10. The number of carbonyl (C=O) groups is 1. The van der Waals surface area contributed by atoms with E-state index in [0.717, 1.165) is 22.6 Å². The molecular formula is C20H24N2O2. The summed E-state index contributed by atoms with van der Waals surface area (Å²) in [6.07, 6.45) is 0. The molecule has 0 radical (unpaired) electrons. The maximum atomic E-state index is 12.9. The highest BCUT2D eigenvalue weighted by atomic mass is 16.5. The average Bonchev–Trinajstić information content (AvgIpc) is 2.53. The predicted molar refractivity (Wildman–Crippen MR) is 96.1 cm³/mol. The molecule has 24 heavy (non-hydrogen) atoms. The number of carbonyl (C=O) groups excluding carboxylic acids is 1. The summed E-state index contributed by atoms with van der Waals surface area (Å²) in [6.45, 7) is 8.11. The van der Waals surface area contributed by atoms with E-state index in [0.29, 0.717) is 6.54 Å². The summed E-state index contributed by atoms with van der Waals surface area (Å²) >= 11 is 0. The first kappa shape index (κ1) is 16.5. The standard InChI is InChI=1S/C20H24N2O2/c1-13-5-7-15(8-6-13)12-22-17-11-16(14(2)21)9-10-18(17)24-20(3,4)19(22)23/h5-11,14H,12,21H2,1-4H3. The topological polar surface area (TPSA) is 55.6 Å². The summed E-state index contributed by atoms with van der Waals surface area (Å²) < 4.78 is 5.92. The van der Waals surface area contributed by atoms with Crippen LogP contribution in [-0.2, 0) is 11.3 Å². The number of rotatable bonds is 3. The molecule has 1 amide bonds. The molecule has 0 fully saturated rings. The molecule has 2 aromatic rings. The van der Waals surface area contributed by atoms with Gasteiger partial charge >= 0.3 is 0 Å². The normalized spacial score (nSPS) is 17.2. The van der Waals surface area contributed by atoms with Gasteiger partial charge in [-0.2, -0.15) is 0 Å². The maximum absolute atomic E-state index is 12.9. The summed E-state index contributed by atoms with van der Waals surface area (Å²) in [5.41, 5.74) is 9.18. The predicted octanol–water partition coefficient (Wildman–Crippen LogP) is 3.72. The van der Waals surface area contributed by atoms with Crippen LogP contribution in [0.4, 0.5) is 5.69 Å². The molecule has 1 heterocycles. The van der Waals surface area contributed by atoms with E-state index in [1.54, 1.807) is 18.7 Å². The highest BCUT2D eigenvalue weighted by Crippen LogP contribution is 2.39. The molecule has 0 saturated heterocycles. The van der Waals surface area contributed by atoms with Crippen molar-refractivity contribution in [1.29, 1.82) is 0 Å². The Hall–Kier alpha value is -2.33. The van der Waals surface area contributed by atoms with Crippen molar-refractivity contribution >= 4 is 11.6 Å². The van der Waals surface area contributed by atoms with E-state index in [1.807, 2.05) is 25.1 Å². The lowest BCUT2D eigenvalue weighted by molar-refractivity contribution is -0.132. The summed E-state index contributed by atoms with van der Waals surface area (Å²) in [6, 6.07) is 14.0. The Bertz CT molecular complexity index is 764. The van der Waals surface area contributed by atoms with Gasteiger partial charge in [-0.15, -0.1) is 0 Å². The Morgan fingerprint density at radius 3 is 2.46 bits per heavy atom. The number of nitrogens with zero attached hydrogens (tertiary/aromatic N) is 1. The van der Waals surface area contributed by atoms with Crippen LogP contribution < -0.4 is 15.4 Å². The third-order valence-electron chi connectivity index (χ3n) is 4.39. The highest BCUT2D eigenvalue weighted by molar-refractivity contribution is 6.02. The number of aryl methyl sites for hydroxylation is 1. The van der Waals surface area contributed by atoms with Crippen molar-refractivity contribution in [2.24, 2.45) is 5.73 Å². The van der Waals surface area contributed by atoms with Gasteiger partial charge in [-0.25, -0.2) is 0 Å². The Morgan fingerprint density at radius 2 is 1.83 bits per heavy atom. The minimum atomic E-state index is -0.881. The number of amides is 1. The van der Waals surface area contributed by atoms with Crippen molar-refractivity contribution in [3.05, 3.63) is 59.2 Å². The van der Waals surface area contributed by atoms with E-state index in [1.165, 1.54) is 5.56 Å². The Balaban J connectivity index is 2.04. The fourth-order valence-electron chi connectivity index (χ4n) is 2.90. The number of fused-ring (bicyclic) bond motifs is 1. The fourth-order valence-corrected chi connectivity index (χ4v) is 2.90. The zero-order valence-electron chi connectivity index (χ0n) is 14.7. The van der Waals surface area contributed by atoms with E-state index in [-0.39, 0.29) is 11.9 Å². The van der Waals surface area contributed by atoms with Crippen molar-refractivity contribution in [3.8, 4) is 5.75 Å². The minimum absolute atomic E-state index is 0.0441. The molecule has 4 heteroatoms. The molecule has 3 rings (SSSR count). The number of anilines is 1. The van der Waals surface area contributed by atoms with E-state index >= 15 is 0 Å². The molecule has 0 spiro atoms. The minimum Gasteiger partial charge on any atom is -0.476 e. The average molecular weight is 324 g/mol. The molecule has 2 N–H and O–H groups in total. The van der Waals surface area contributed by atoms with Gasteiger partial charge in [-0.3, -0.25) is 4.79 Å². The van der Waals surface area contributed by atoms with Crippen LogP contribution in [0, 0.1) is 6.92 Å². The van der Waals surface area contributed by atoms with E-state index in [4.69, 9.17) is 10.5 Å². The van der Waals surface area contributed by atoms with Crippen LogP contribution in [-0.4, -0.2) is 11.5 Å². The van der Waals surface area contributed by atoms with Gasteiger partial charge in [0, 0.05) is 6.04 Å². The smallest absolute Gasteiger partial charge is 0.271 e. The second-order valence-electron chi connectivity index (χ2n) is 7.01. The zero-order chi connectivity index (χ0) is 17.5. The number of hydrogen-bond acceptors (Lipinski definition) is 3. The quantitative estimate of drug-likeness (QED) is 0.936. The van der Waals surface area contributed by atoms with Gasteiger partial charge in [0.05, 0.1) is 12.2 Å². The van der Waals surface area contributed by atoms with Gasteiger partial charge in [0.25, 0.3) is 5.91 Å². The number of hydrogen-bond donors (Lipinski definition) is 1. The molecule has 2 aromatic carbocycles. The number of benzene rings is 2. The van der Waals surface area contributed by atoms with Crippen LogP contribution in [0.5, 0.6) is 5.75 Å². The monoisotopic (exact) mass is 324 g/mol. The van der Waals surface area contributed by atoms with Crippen molar-refractivity contribution in [3.63, 3.8) is 0 Å². The van der Waals surface area contributed by atoms with Gasteiger partial charge in [0.2, 0.25) is 0 Å². The lowest BCUT2D eigenvalue weighted by Crippen LogP contribution is -2.52. The Morgan fingerprint density at radius 1 is 1.17 bits per heavy atom. The summed E-state index contributed by atoms with van der Waals surface area (Å²) in [5.74, 6) is 0.675. The molecule has 1 unspecified atom stereocenters. The molecular weight excluding hydrogens is 300 g/mol. The first-order valence-electron chi connectivity index (χ1n) is 8.24. The van der Waals surface area contributed by atoms with Crippen LogP contribution in [0.3, 0.4) is 0 Å². The third-order valence-corrected chi connectivity index (χ3v) is 4.39.